The minimum atomic E-state index is -0.251. The Morgan fingerprint density at radius 2 is 1.69 bits per heavy atom. The molecule has 164 valence electrons. The van der Waals surface area contributed by atoms with E-state index in [1.54, 1.807) is 6.08 Å². The first kappa shape index (κ1) is 25.4. The topological polar surface area (TPSA) is 69.4 Å². The zero-order valence-electron chi connectivity index (χ0n) is 18.6. The Bertz CT molecular complexity index is 570. The summed E-state index contributed by atoms with van der Waals surface area (Å²) in [6.45, 7) is 5.00. The number of ether oxygens (including phenoxy) is 1. The van der Waals surface area contributed by atoms with Crippen LogP contribution in [0.4, 0.5) is 0 Å². The smallest absolute Gasteiger partial charge is 0.217 e. The van der Waals surface area contributed by atoms with Crippen molar-refractivity contribution >= 4 is 11.7 Å². The van der Waals surface area contributed by atoms with Crippen molar-refractivity contribution in [2.24, 2.45) is 11.7 Å². The van der Waals surface area contributed by atoms with Crippen molar-refractivity contribution in [3.05, 3.63) is 11.6 Å². The molecule has 2 unspecified atom stereocenters. The first-order valence-corrected chi connectivity index (χ1v) is 11.7. The first-order valence-electron chi connectivity index (χ1n) is 11.7. The van der Waals surface area contributed by atoms with Gasteiger partial charge in [0.05, 0.1) is 5.92 Å². The van der Waals surface area contributed by atoms with Crippen LogP contribution in [0.3, 0.4) is 0 Å². The minimum absolute atomic E-state index is 0.0816. The Balaban J connectivity index is 2.55. The molecule has 4 nitrogen and oxygen atoms in total. The van der Waals surface area contributed by atoms with Crippen LogP contribution in [0, 0.1) is 17.8 Å². The van der Waals surface area contributed by atoms with Crippen molar-refractivity contribution in [2.75, 3.05) is 6.61 Å². The van der Waals surface area contributed by atoms with Crippen LogP contribution in [0.1, 0.15) is 104 Å². The molecular formula is C25H41NO3. The summed E-state index contributed by atoms with van der Waals surface area (Å²) in [4.78, 5) is 23.4. The molecule has 0 saturated carbocycles. The summed E-state index contributed by atoms with van der Waals surface area (Å²) in [5.41, 5.74) is 6.04. The molecule has 1 aliphatic rings. The van der Waals surface area contributed by atoms with Crippen molar-refractivity contribution in [1.82, 2.24) is 0 Å². The fourth-order valence-electron chi connectivity index (χ4n) is 3.70. The molecule has 1 aliphatic carbocycles. The highest BCUT2D eigenvalue weighted by atomic mass is 16.5. The molecule has 29 heavy (non-hydrogen) atoms. The van der Waals surface area contributed by atoms with Crippen LogP contribution in [0.15, 0.2) is 11.6 Å². The third-order valence-corrected chi connectivity index (χ3v) is 5.46. The third-order valence-electron chi connectivity index (χ3n) is 5.46. The SMILES string of the molecule is CCCCCCC#CC1=CC(=O)C(CCCCCC)C1OCCCCCC(N)=O. The van der Waals surface area contributed by atoms with Crippen LogP contribution < -0.4 is 5.73 Å². The Morgan fingerprint density at radius 1 is 1.00 bits per heavy atom. The monoisotopic (exact) mass is 403 g/mol. The van der Waals surface area contributed by atoms with Crippen LogP contribution in [-0.2, 0) is 14.3 Å². The molecule has 0 heterocycles. The highest BCUT2D eigenvalue weighted by molar-refractivity contribution is 5.97. The number of unbranched alkanes of at least 4 members (excludes halogenated alkanes) is 9. The molecule has 0 aromatic carbocycles. The number of primary amides is 1. The summed E-state index contributed by atoms with van der Waals surface area (Å²) in [6.07, 6.45) is 15.7. The molecule has 2 N–H and O–H groups in total. The number of rotatable bonds is 16. The number of hydrogen-bond acceptors (Lipinski definition) is 3. The summed E-state index contributed by atoms with van der Waals surface area (Å²) in [7, 11) is 0. The Hall–Kier alpha value is -1.60. The average molecular weight is 404 g/mol. The van der Waals surface area contributed by atoms with Crippen molar-refractivity contribution in [3.63, 3.8) is 0 Å². The van der Waals surface area contributed by atoms with Crippen LogP contribution >= 0.6 is 0 Å². The highest BCUT2D eigenvalue weighted by Crippen LogP contribution is 2.30. The lowest BCUT2D eigenvalue weighted by Gasteiger charge is -2.21. The maximum atomic E-state index is 12.6. The standard InChI is InChI=1S/C25H41NO3/c1-3-5-7-9-10-12-16-21-20-23(27)22(17-13-8-6-4-2)25(21)29-19-15-11-14-18-24(26)28/h20,22,25H,3-11,13-15,17-19H2,1-2H3,(H2,26,28). The Labute approximate surface area is 178 Å². The van der Waals surface area contributed by atoms with E-state index in [1.165, 1.54) is 38.5 Å². The average Bonchev–Trinajstić information content (AvgIpc) is 2.99. The number of carbonyl (C=O) groups is 2. The van der Waals surface area contributed by atoms with E-state index >= 15 is 0 Å². The normalized spacial score (nSPS) is 18.4. The first-order chi connectivity index (χ1) is 14.1. The van der Waals surface area contributed by atoms with Gasteiger partial charge in [0.1, 0.15) is 6.10 Å². The molecule has 4 heteroatoms. The number of ketones is 1. The van der Waals surface area contributed by atoms with E-state index in [-0.39, 0.29) is 23.7 Å². The number of nitrogens with two attached hydrogens (primary N) is 1. The summed E-state index contributed by atoms with van der Waals surface area (Å²) >= 11 is 0. The van der Waals surface area contributed by atoms with Gasteiger partial charge in [-0.25, -0.2) is 0 Å². The fourth-order valence-corrected chi connectivity index (χ4v) is 3.70. The molecule has 1 amide bonds. The Morgan fingerprint density at radius 3 is 2.38 bits per heavy atom. The van der Waals surface area contributed by atoms with Gasteiger partial charge in [0.15, 0.2) is 5.78 Å². The molecular weight excluding hydrogens is 362 g/mol. The van der Waals surface area contributed by atoms with Crippen molar-refractivity contribution in [1.29, 1.82) is 0 Å². The maximum absolute atomic E-state index is 12.6. The van der Waals surface area contributed by atoms with E-state index in [0.717, 1.165) is 50.5 Å². The van der Waals surface area contributed by atoms with Gasteiger partial charge >= 0.3 is 0 Å². The molecule has 0 bridgehead atoms. The Kier molecular flexibility index (Phi) is 14.2. The van der Waals surface area contributed by atoms with Crippen LogP contribution in [0.2, 0.25) is 0 Å². The van der Waals surface area contributed by atoms with E-state index in [0.29, 0.717) is 13.0 Å². The predicted molar refractivity (Wildman–Crippen MR) is 119 cm³/mol. The second kappa shape index (κ2) is 16.2. The summed E-state index contributed by atoms with van der Waals surface area (Å²) < 4.78 is 6.15. The summed E-state index contributed by atoms with van der Waals surface area (Å²) in [5.74, 6) is 6.34. The zero-order chi connectivity index (χ0) is 21.3. The van der Waals surface area contributed by atoms with Gasteiger partial charge in [0.25, 0.3) is 0 Å². The predicted octanol–water partition coefficient (Wildman–Crippen LogP) is 5.49. The zero-order valence-corrected chi connectivity index (χ0v) is 18.6. The lowest BCUT2D eigenvalue weighted by atomic mass is 9.94. The summed E-state index contributed by atoms with van der Waals surface area (Å²) in [5, 5.41) is 0. The van der Waals surface area contributed by atoms with E-state index in [9.17, 15) is 9.59 Å². The highest BCUT2D eigenvalue weighted by Gasteiger charge is 2.35. The van der Waals surface area contributed by atoms with Crippen molar-refractivity contribution in [3.8, 4) is 11.8 Å². The van der Waals surface area contributed by atoms with Gasteiger partial charge in [-0.05, 0) is 31.8 Å². The van der Waals surface area contributed by atoms with Gasteiger partial charge in [-0.15, -0.1) is 0 Å². The molecule has 0 spiro atoms. The fraction of sp³-hybridized carbons (Fsp3) is 0.760. The van der Waals surface area contributed by atoms with Gasteiger partial charge in [0, 0.05) is 25.0 Å². The molecule has 0 aliphatic heterocycles. The molecule has 0 aromatic rings. The number of hydrogen-bond donors (Lipinski definition) is 1. The van der Waals surface area contributed by atoms with E-state index in [1.807, 2.05) is 0 Å². The number of allylic oxidation sites excluding steroid dienone is 1. The van der Waals surface area contributed by atoms with Crippen LogP contribution in [-0.4, -0.2) is 24.4 Å². The lowest BCUT2D eigenvalue weighted by molar-refractivity contribution is -0.121. The van der Waals surface area contributed by atoms with E-state index in [4.69, 9.17) is 10.5 Å². The number of carbonyl (C=O) groups excluding carboxylic acids is 2. The van der Waals surface area contributed by atoms with Crippen molar-refractivity contribution in [2.45, 2.75) is 110 Å². The van der Waals surface area contributed by atoms with E-state index in [2.05, 4.69) is 25.7 Å². The maximum Gasteiger partial charge on any atom is 0.217 e. The quantitative estimate of drug-likeness (QED) is 0.274. The van der Waals surface area contributed by atoms with Gasteiger partial charge in [-0.3, -0.25) is 9.59 Å². The largest absolute Gasteiger partial charge is 0.372 e. The molecule has 0 saturated heterocycles. The molecule has 1 rings (SSSR count). The summed E-state index contributed by atoms with van der Waals surface area (Å²) in [6, 6.07) is 0. The van der Waals surface area contributed by atoms with Gasteiger partial charge in [-0.1, -0.05) is 77.1 Å². The molecule has 0 radical (unpaired) electrons. The molecule has 0 aromatic heterocycles. The lowest BCUT2D eigenvalue weighted by Crippen LogP contribution is -2.26. The molecule has 0 fully saturated rings. The third kappa shape index (κ3) is 11.2. The van der Waals surface area contributed by atoms with Gasteiger partial charge in [0.2, 0.25) is 5.91 Å². The van der Waals surface area contributed by atoms with Crippen LogP contribution in [0.25, 0.3) is 0 Å². The minimum Gasteiger partial charge on any atom is -0.372 e. The molecule has 2 atom stereocenters. The van der Waals surface area contributed by atoms with Crippen molar-refractivity contribution < 1.29 is 14.3 Å². The van der Waals surface area contributed by atoms with Crippen LogP contribution in [0.5, 0.6) is 0 Å². The van der Waals surface area contributed by atoms with Gasteiger partial charge in [-0.2, -0.15) is 0 Å². The second-order valence-electron chi connectivity index (χ2n) is 8.14. The number of amides is 1. The van der Waals surface area contributed by atoms with E-state index < -0.39 is 0 Å². The second-order valence-corrected chi connectivity index (χ2v) is 8.14. The van der Waals surface area contributed by atoms with Gasteiger partial charge < -0.3 is 10.5 Å².